The second kappa shape index (κ2) is 7.26. The Morgan fingerprint density at radius 3 is 2.61 bits per heavy atom. The zero-order valence-electron chi connectivity index (χ0n) is 13.1. The Balaban J connectivity index is 1.70. The van der Waals surface area contributed by atoms with Crippen LogP contribution in [-0.2, 0) is 6.54 Å². The monoisotopic (exact) mass is 311 g/mol. The van der Waals surface area contributed by atoms with Crippen LogP contribution in [-0.4, -0.2) is 26.1 Å². The second-order valence-corrected chi connectivity index (χ2v) is 5.58. The summed E-state index contributed by atoms with van der Waals surface area (Å²) in [6.45, 7) is 2.23. The average molecular weight is 311 g/mol. The molecule has 1 heterocycles. The van der Waals surface area contributed by atoms with E-state index < -0.39 is 0 Å². The first-order valence-corrected chi connectivity index (χ1v) is 7.73. The number of methoxy groups -OCH3 is 1. The molecule has 0 atom stereocenters. The Bertz CT molecular complexity index is 667. The molecule has 1 aliphatic rings. The van der Waals surface area contributed by atoms with Crippen molar-refractivity contribution in [3.05, 3.63) is 65.2 Å². The maximum Gasteiger partial charge on any atom is 0.251 e. The van der Waals surface area contributed by atoms with Crippen LogP contribution in [0.15, 0.2) is 48.5 Å². The molecule has 23 heavy (non-hydrogen) atoms. The SMILES string of the molecule is COc1cc(C(=O)NCc2ccccc2)ccc1C1CNNC1. The number of amides is 1. The van der Waals surface area contributed by atoms with Gasteiger partial charge in [-0.15, -0.1) is 0 Å². The minimum Gasteiger partial charge on any atom is -0.496 e. The van der Waals surface area contributed by atoms with Gasteiger partial charge in [-0.1, -0.05) is 36.4 Å². The molecule has 5 nitrogen and oxygen atoms in total. The van der Waals surface area contributed by atoms with Gasteiger partial charge in [0.2, 0.25) is 0 Å². The highest BCUT2D eigenvalue weighted by molar-refractivity contribution is 5.94. The molecule has 2 aromatic carbocycles. The third kappa shape index (κ3) is 3.70. The molecule has 0 spiro atoms. The highest BCUT2D eigenvalue weighted by atomic mass is 16.5. The van der Waals surface area contributed by atoms with Gasteiger partial charge in [0.15, 0.2) is 0 Å². The minimum absolute atomic E-state index is 0.0959. The molecule has 0 bridgehead atoms. The van der Waals surface area contributed by atoms with E-state index in [9.17, 15) is 4.79 Å². The highest BCUT2D eigenvalue weighted by Gasteiger charge is 2.21. The van der Waals surface area contributed by atoms with Gasteiger partial charge in [-0.2, -0.15) is 0 Å². The Labute approximate surface area is 136 Å². The number of nitrogens with one attached hydrogen (secondary N) is 3. The van der Waals surface area contributed by atoms with Gasteiger partial charge in [-0.3, -0.25) is 15.6 Å². The summed E-state index contributed by atoms with van der Waals surface area (Å²) in [5, 5.41) is 2.94. The fourth-order valence-electron chi connectivity index (χ4n) is 2.75. The van der Waals surface area contributed by atoms with E-state index in [1.165, 1.54) is 0 Å². The number of hydrazine groups is 1. The smallest absolute Gasteiger partial charge is 0.251 e. The summed E-state index contributed by atoms with van der Waals surface area (Å²) in [7, 11) is 1.64. The lowest BCUT2D eigenvalue weighted by Crippen LogP contribution is -2.23. The van der Waals surface area contributed by atoms with Crippen LogP contribution in [0.3, 0.4) is 0 Å². The summed E-state index contributed by atoms with van der Waals surface area (Å²) in [5.74, 6) is 1.01. The van der Waals surface area contributed by atoms with Crippen LogP contribution in [0.25, 0.3) is 0 Å². The summed E-state index contributed by atoms with van der Waals surface area (Å²) < 4.78 is 5.48. The molecule has 1 aliphatic heterocycles. The van der Waals surface area contributed by atoms with Crippen molar-refractivity contribution in [2.24, 2.45) is 0 Å². The van der Waals surface area contributed by atoms with Crippen molar-refractivity contribution in [2.45, 2.75) is 12.5 Å². The number of carbonyl (C=O) groups is 1. The quantitative estimate of drug-likeness (QED) is 0.788. The molecule has 1 fully saturated rings. The largest absolute Gasteiger partial charge is 0.496 e. The van der Waals surface area contributed by atoms with Gasteiger partial charge in [-0.25, -0.2) is 0 Å². The van der Waals surface area contributed by atoms with Gasteiger partial charge in [-0.05, 0) is 23.3 Å². The van der Waals surface area contributed by atoms with Crippen LogP contribution in [0.5, 0.6) is 5.75 Å². The van der Waals surface area contributed by atoms with E-state index in [1.807, 2.05) is 48.5 Å². The molecule has 3 N–H and O–H groups in total. The zero-order chi connectivity index (χ0) is 16.1. The normalized spacial score (nSPS) is 14.7. The third-order valence-electron chi connectivity index (χ3n) is 4.05. The van der Waals surface area contributed by atoms with Crippen LogP contribution in [0.2, 0.25) is 0 Å². The maximum atomic E-state index is 12.3. The van der Waals surface area contributed by atoms with Crippen LogP contribution in [0.4, 0.5) is 0 Å². The first kappa shape index (κ1) is 15.5. The topological polar surface area (TPSA) is 62.4 Å². The van der Waals surface area contributed by atoms with Gasteiger partial charge in [0.25, 0.3) is 5.91 Å². The van der Waals surface area contributed by atoms with E-state index >= 15 is 0 Å². The average Bonchev–Trinajstić information content (AvgIpc) is 3.14. The Kier molecular flexibility index (Phi) is 4.90. The highest BCUT2D eigenvalue weighted by Crippen LogP contribution is 2.28. The maximum absolute atomic E-state index is 12.3. The van der Waals surface area contributed by atoms with Crippen LogP contribution >= 0.6 is 0 Å². The molecule has 0 saturated carbocycles. The van der Waals surface area contributed by atoms with Crippen molar-refractivity contribution in [3.63, 3.8) is 0 Å². The predicted molar refractivity (Wildman–Crippen MR) is 89.4 cm³/mol. The van der Waals surface area contributed by atoms with Crippen LogP contribution < -0.4 is 20.9 Å². The lowest BCUT2D eigenvalue weighted by Gasteiger charge is -2.14. The molecular weight excluding hydrogens is 290 g/mol. The molecule has 1 amide bonds. The third-order valence-corrected chi connectivity index (χ3v) is 4.05. The molecule has 2 aromatic rings. The minimum atomic E-state index is -0.0959. The van der Waals surface area contributed by atoms with E-state index in [1.54, 1.807) is 7.11 Å². The van der Waals surface area contributed by atoms with Crippen molar-refractivity contribution >= 4 is 5.91 Å². The van der Waals surface area contributed by atoms with Crippen molar-refractivity contribution in [2.75, 3.05) is 20.2 Å². The van der Waals surface area contributed by atoms with Gasteiger partial charge >= 0.3 is 0 Å². The fourth-order valence-corrected chi connectivity index (χ4v) is 2.75. The molecule has 120 valence electrons. The lowest BCUT2D eigenvalue weighted by molar-refractivity contribution is 0.0950. The number of ether oxygens (including phenoxy) is 1. The number of hydrogen-bond acceptors (Lipinski definition) is 4. The fraction of sp³-hybridized carbons (Fsp3) is 0.278. The van der Waals surface area contributed by atoms with E-state index in [0.717, 1.165) is 30.0 Å². The molecular formula is C18H21N3O2. The Morgan fingerprint density at radius 1 is 1.17 bits per heavy atom. The van der Waals surface area contributed by atoms with E-state index in [0.29, 0.717) is 18.0 Å². The molecule has 0 radical (unpaired) electrons. The Hall–Kier alpha value is -2.37. The zero-order valence-corrected chi connectivity index (χ0v) is 13.1. The molecule has 3 rings (SSSR count). The van der Waals surface area contributed by atoms with Crippen molar-refractivity contribution < 1.29 is 9.53 Å². The second-order valence-electron chi connectivity index (χ2n) is 5.58. The standard InChI is InChI=1S/C18H21N3O2/c1-23-17-9-14(7-8-16(17)15-11-20-21-12-15)18(22)19-10-13-5-3-2-4-6-13/h2-9,15,20-21H,10-12H2,1H3,(H,19,22). The molecule has 1 saturated heterocycles. The Morgan fingerprint density at radius 2 is 1.91 bits per heavy atom. The van der Waals surface area contributed by atoms with E-state index in [-0.39, 0.29) is 5.91 Å². The van der Waals surface area contributed by atoms with Gasteiger partial charge in [0, 0.05) is 31.1 Å². The summed E-state index contributed by atoms with van der Waals surface area (Å²) in [5.41, 5.74) is 9.03. The predicted octanol–water partition coefficient (Wildman–Crippen LogP) is 1.82. The van der Waals surface area contributed by atoms with Crippen molar-refractivity contribution in [1.29, 1.82) is 0 Å². The number of hydrogen-bond donors (Lipinski definition) is 3. The van der Waals surface area contributed by atoms with Crippen LogP contribution in [0, 0.1) is 0 Å². The molecule has 0 aromatic heterocycles. The summed E-state index contributed by atoms with van der Waals surface area (Å²) in [4.78, 5) is 12.3. The first-order valence-electron chi connectivity index (χ1n) is 7.73. The molecule has 0 aliphatic carbocycles. The first-order chi connectivity index (χ1) is 11.3. The molecule has 0 unspecified atom stereocenters. The number of rotatable bonds is 5. The molecule has 5 heteroatoms. The van der Waals surface area contributed by atoms with Gasteiger partial charge in [0.05, 0.1) is 7.11 Å². The van der Waals surface area contributed by atoms with Gasteiger partial charge in [0.1, 0.15) is 5.75 Å². The van der Waals surface area contributed by atoms with Gasteiger partial charge < -0.3 is 10.1 Å². The van der Waals surface area contributed by atoms with Crippen molar-refractivity contribution in [1.82, 2.24) is 16.2 Å². The van der Waals surface area contributed by atoms with E-state index in [2.05, 4.69) is 16.2 Å². The number of benzene rings is 2. The number of carbonyl (C=O) groups excluding carboxylic acids is 1. The summed E-state index contributed by atoms with van der Waals surface area (Å²) >= 11 is 0. The summed E-state index contributed by atoms with van der Waals surface area (Å²) in [6.07, 6.45) is 0. The van der Waals surface area contributed by atoms with Crippen LogP contribution in [0.1, 0.15) is 27.4 Å². The van der Waals surface area contributed by atoms with Crippen molar-refractivity contribution in [3.8, 4) is 5.75 Å². The lowest BCUT2D eigenvalue weighted by atomic mass is 9.97. The van der Waals surface area contributed by atoms with E-state index in [4.69, 9.17) is 4.74 Å². The summed E-state index contributed by atoms with van der Waals surface area (Å²) in [6, 6.07) is 15.5.